The summed E-state index contributed by atoms with van der Waals surface area (Å²) in [6, 6.07) is 9.49. The molecule has 1 aromatic carbocycles. The lowest BCUT2D eigenvalue weighted by molar-refractivity contribution is 0.455. The van der Waals surface area contributed by atoms with Crippen molar-refractivity contribution in [2.24, 2.45) is 5.92 Å². The van der Waals surface area contributed by atoms with Crippen LogP contribution < -0.4 is 0 Å². The van der Waals surface area contributed by atoms with Gasteiger partial charge in [-0.25, -0.2) is 8.42 Å². The van der Waals surface area contributed by atoms with E-state index in [2.05, 4.69) is 24.0 Å². The van der Waals surface area contributed by atoms with Crippen molar-refractivity contribution >= 4 is 19.7 Å². The van der Waals surface area contributed by atoms with Gasteiger partial charge in [0.1, 0.15) is 0 Å². The molecule has 0 fully saturated rings. The van der Waals surface area contributed by atoms with Gasteiger partial charge in [-0.3, -0.25) is 4.98 Å². The number of halogens is 1. The van der Waals surface area contributed by atoms with E-state index in [9.17, 15) is 8.42 Å². The van der Waals surface area contributed by atoms with Crippen molar-refractivity contribution in [1.29, 1.82) is 0 Å². The molecule has 3 rings (SSSR count). The number of hydrogen-bond acceptors (Lipinski definition) is 3. The van der Waals surface area contributed by atoms with Crippen molar-refractivity contribution in [3.8, 4) is 0 Å². The summed E-state index contributed by atoms with van der Waals surface area (Å²) in [6.07, 6.45) is 6.90. The van der Waals surface area contributed by atoms with Crippen LogP contribution in [0.5, 0.6) is 0 Å². The Balaban J connectivity index is 1.76. The van der Waals surface area contributed by atoms with Crippen molar-refractivity contribution in [3.05, 3.63) is 58.9 Å². The largest absolute Gasteiger partial charge is 0.261 e. The third kappa shape index (κ3) is 3.93. The van der Waals surface area contributed by atoms with E-state index in [0.717, 1.165) is 43.4 Å². The van der Waals surface area contributed by atoms with Crippen LogP contribution in [0.3, 0.4) is 0 Å². The molecule has 122 valence electrons. The van der Waals surface area contributed by atoms with E-state index in [1.54, 1.807) is 12.1 Å². The Kier molecular flexibility index (Phi) is 4.74. The highest BCUT2D eigenvalue weighted by Gasteiger charge is 2.21. The van der Waals surface area contributed by atoms with E-state index in [1.165, 1.54) is 11.1 Å². The lowest BCUT2D eigenvalue weighted by atomic mass is 9.81. The molecule has 0 spiro atoms. The number of aryl methyl sites for hydroxylation is 2. The fraction of sp³-hybridized carbons (Fsp3) is 0.389. The van der Waals surface area contributed by atoms with Crippen LogP contribution in [0.25, 0.3) is 0 Å². The molecule has 0 aliphatic heterocycles. The highest BCUT2D eigenvalue weighted by molar-refractivity contribution is 8.13. The van der Waals surface area contributed by atoms with Gasteiger partial charge < -0.3 is 0 Å². The fourth-order valence-corrected chi connectivity index (χ4v) is 4.05. The van der Waals surface area contributed by atoms with Crippen LogP contribution in [0.1, 0.15) is 35.7 Å². The van der Waals surface area contributed by atoms with E-state index in [1.807, 2.05) is 12.3 Å². The Morgan fingerprint density at radius 3 is 2.70 bits per heavy atom. The summed E-state index contributed by atoms with van der Waals surface area (Å²) in [7, 11) is 1.80. The first-order valence-corrected chi connectivity index (χ1v) is 10.3. The van der Waals surface area contributed by atoms with E-state index in [4.69, 9.17) is 10.7 Å². The molecular weight excluding hydrogens is 330 g/mol. The van der Waals surface area contributed by atoms with Crippen molar-refractivity contribution in [2.75, 3.05) is 0 Å². The van der Waals surface area contributed by atoms with Crippen molar-refractivity contribution in [1.82, 2.24) is 4.98 Å². The molecule has 0 bridgehead atoms. The van der Waals surface area contributed by atoms with Gasteiger partial charge in [0, 0.05) is 22.6 Å². The standard InChI is InChI=1S/C18H20ClNO2S/c1-2-17-7-4-14(12-20-17)9-13-3-5-15-6-8-18(23(19,21)22)11-16(15)10-13/h4,6-8,11-13H,2-3,5,9-10H2,1H3. The minimum Gasteiger partial charge on any atom is -0.261 e. The Bertz CT molecular complexity index is 800. The summed E-state index contributed by atoms with van der Waals surface area (Å²) in [5, 5.41) is 0. The zero-order valence-corrected chi connectivity index (χ0v) is 14.7. The van der Waals surface area contributed by atoms with Crippen LogP contribution in [-0.4, -0.2) is 13.4 Å². The highest BCUT2D eigenvalue weighted by Crippen LogP contribution is 2.30. The number of aromatic nitrogens is 1. The molecule has 0 radical (unpaired) electrons. The molecule has 0 saturated carbocycles. The molecule has 23 heavy (non-hydrogen) atoms. The van der Waals surface area contributed by atoms with Gasteiger partial charge in [-0.05, 0) is 72.9 Å². The lowest BCUT2D eigenvalue weighted by Gasteiger charge is -2.25. The van der Waals surface area contributed by atoms with E-state index >= 15 is 0 Å². The predicted octanol–water partition coefficient (Wildman–Crippen LogP) is 3.92. The van der Waals surface area contributed by atoms with Crippen LogP contribution >= 0.6 is 10.7 Å². The summed E-state index contributed by atoms with van der Waals surface area (Å²) < 4.78 is 23.0. The van der Waals surface area contributed by atoms with Gasteiger partial charge in [0.15, 0.2) is 0 Å². The second-order valence-electron chi connectivity index (χ2n) is 6.19. The van der Waals surface area contributed by atoms with E-state index in [-0.39, 0.29) is 4.90 Å². The third-order valence-electron chi connectivity index (χ3n) is 4.56. The Morgan fingerprint density at radius 1 is 1.22 bits per heavy atom. The first-order valence-electron chi connectivity index (χ1n) is 7.96. The summed E-state index contributed by atoms with van der Waals surface area (Å²) in [6.45, 7) is 2.10. The van der Waals surface area contributed by atoms with Gasteiger partial charge in [-0.1, -0.05) is 19.1 Å². The summed E-state index contributed by atoms with van der Waals surface area (Å²) >= 11 is 0. The minimum atomic E-state index is -3.66. The molecule has 0 saturated heterocycles. The quantitative estimate of drug-likeness (QED) is 0.786. The molecule has 0 amide bonds. The molecule has 1 atom stereocenters. The second kappa shape index (κ2) is 6.62. The Morgan fingerprint density at radius 2 is 2.04 bits per heavy atom. The topological polar surface area (TPSA) is 47.0 Å². The van der Waals surface area contributed by atoms with Crippen molar-refractivity contribution < 1.29 is 8.42 Å². The number of nitrogens with zero attached hydrogens (tertiary/aromatic N) is 1. The maximum absolute atomic E-state index is 11.5. The summed E-state index contributed by atoms with van der Waals surface area (Å²) in [4.78, 5) is 4.66. The molecule has 5 heteroatoms. The second-order valence-corrected chi connectivity index (χ2v) is 8.76. The average Bonchev–Trinajstić information content (AvgIpc) is 2.54. The number of benzene rings is 1. The predicted molar refractivity (Wildman–Crippen MR) is 92.3 cm³/mol. The molecule has 0 N–H and O–H groups in total. The zero-order chi connectivity index (χ0) is 16.4. The molecule has 1 heterocycles. The average molecular weight is 350 g/mol. The smallest absolute Gasteiger partial charge is 0.261 e. The zero-order valence-electron chi connectivity index (χ0n) is 13.1. The third-order valence-corrected chi connectivity index (χ3v) is 5.91. The van der Waals surface area contributed by atoms with Gasteiger partial charge in [0.05, 0.1) is 4.90 Å². The highest BCUT2D eigenvalue weighted by atomic mass is 35.7. The van der Waals surface area contributed by atoms with Crippen LogP contribution in [0.2, 0.25) is 0 Å². The molecule has 2 aromatic rings. The van der Waals surface area contributed by atoms with Gasteiger partial charge in [-0.15, -0.1) is 0 Å². The molecule has 1 unspecified atom stereocenters. The summed E-state index contributed by atoms with van der Waals surface area (Å²) in [5.74, 6) is 0.519. The fourth-order valence-electron chi connectivity index (χ4n) is 3.25. The van der Waals surface area contributed by atoms with Crippen molar-refractivity contribution in [2.45, 2.75) is 43.9 Å². The van der Waals surface area contributed by atoms with Gasteiger partial charge in [0.2, 0.25) is 0 Å². The SMILES string of the molecule is CCc1ccc(CC2CCc3ccc(S(=O)(=O)Cl)cc3C2)cn1. The van der Waals surface area contributed by atoms with Crippen molar-refractivity contribution in [3.63, 3.8) is 0 Å². The van der Waals surface area contributed by atoms with Crippen LogP contribution in [0.4, 0.5) is 0 Å². The first-order chi connectivity index (χ1) is 11.0. The Hall–Kier alpha value is -1.39. The monoisotopic (exact) mass is 349 g/mol. The van der Waals surface area contributed by atoms with Gasteiger partial charge in [0.25, 0.3) is 9.05 Å². The number of pyridine rings is 1. The molecule has 3 nitrogen and oxygen atoms in total. The van der Waals surface area contributed by atoms with E-state index < -0.39 is 9.05 Å². The summed E-state index contributed by atoms with van der Waals surface area (Å²) in [5.41, 5.74) is 4.71. The molecule has 1 aliphatic carbocycles. The normalized spacial score (nSPS) is 17.7. The lowest BCUT2D eigenvalue weighted by Crippen LogP contribution is -2.17. The van der Waals surface area contributed by atoms with Crippen LogP contribution in [-0.2, 0) is 34.7 Å². The number of hydrogen-bond donors (Lipinski definition) is 0. The Labute approximate surface area is 142 Å². The molecule has 1 aromatic heterocycles. The van der Waals surface area contributed by atoms with Crippen LogP contribution in [0, 0.1) is 5.92 Å². The first kappa shape index (κ1) is 16.5. The maximum atomic E-state index is 11.5. The van der Waals surface area contributed by atoms with E-state index in [0.29, 0.717) is 5.92 Å². The van der Waals surface area contributed by atoms with Gasteiger partial charge >= 0.3 is 0 Å². The minimum absolute atomic E-state index is 0.201. The number of rotatable bonds is 4. The maximum Gasteiger partial charge on any atom is 0.261 e. The van der Waals surface area contributed by atoms with Crippen LogP contribution in [0.15, 0.2) is 41.4 Å². The number of fused-ring (bicyclic) bond motifs is 1. The molecule has 1 aliphatic rings. The molecular formula is C18H20ClNO2S. The van der Waals surface area contributed by atoms with Gasteiger partial charge in [-0.2, -0.15) is 0 Å².